The standard InChI is InChI=1S/C14H17ClO2/c15-14-6-2-1-4-11(14)10-12(16)7-8-13-5-3-9-17-13/h1-2,4,6,13H,3,5,7-10H2. The molecule has 17 heavy (non-hydrogen) atoms. The van der Waals surface area contributed by atoms with Gasteiger partial charge in [-0.15, -0.1) is 0 Å². The topological polar surface area (TPSA) is 26.3 Å². The van der Waals surface area contributed by atoms with E-state index in [-0.39, 0.29) is 5.78 Å². The van der Waals surface area contributed by atoms with Crippen LogP contribution in [0.5, 0.6) is 0 Å². The molecule has 0 aromatic heterocycles. The minimum atomic E-state index is 0.244. The predicted octanol–water partition coefficient (Wildman–Crippen LogP) is 3.41. The number of benzene rings is 1. The van der Waals surface area contributed by atoms with E-state index in [9.17, 15) is 4.79 Å². The molecule has 0 spiro atoms. The summed E-state index contributed by atoms with van der Waals surface area (Å²) in [5.41, 5.74) is 0.923. The fraction of sp³-hybridized carbons (Fsp3) is 0.500. The lowest BCUT2D eigenvalue weighted by Crippen LogP contribution is -2.10. The monoisotopic (exact) mass is 252 g/mol. The summed E-state index contributed by atoms with van der Waals surface area (Å²) in [6, 6.07) is 7.52. The number of halogens is 1. The molecule has 1 fully saturated rings. The average Bonchev–Trinajstić information content (AvgIpc) is 2.82. The van der Waals surface area contributed by atoms with Gasteiger partial charge in [0.15, 0.2) is 0 Å². The molecular formula is C14H17ClO2. The van der Waals surface area contributed by atoms with Gasteiger partial charge in [0.1, 0.15) is 5.78 Å². The molecule has 1 aliphatic heterocycles. The molecule has 1 aliphatic rings. The molecule has 2 nitrogen and oxygen atoms in total. The summed E-state index contributed by atoms with van der Waals surface area (Å²) >= 11 is 6.02. The van der Waals surface area contributed by atoms with Gasteiger partial charge in [-0.05, 0) is 30.9 Å². The van der Waals surface area contributed by atoms with Crippen LogP contribution in [0, 0.1) is 0 Å². The smallest absolute Gasteiger partial charge is 0.137 e. The highest BCUT2D eigenvalue weighted by atomic mass is 35.5. The Balaban J connectivity index is 1.79. The highest BCUT2D eigenvalue weighted by Crippen LogP contribution is 2.19. The summed E-state index contributed by atoms with van der Waals surface area (Å²) in [4.78, 5) is 11.8. The van der Waals surface area contributed by atoms with Crippen LogP contribution in [0.25, 0.3) is 0 Å². The molecular weight excluding hydrogens is 236 g/mol. The van der Waals surface area contributed by atoms with Crippen molar-refractivity contribution < 1.29 is 9.53 Å². The van der Waals surface area contributed by atoms with Crippen molar-refractivity contribution in [1.82, 2.24) is 0 Å². The second-order valence-electron chi connectivity index (χ2n) is 4.48. The van der Waals surface area contributed by atoms with Gasteiger partial charge in [-0.2, -0.15) is 0 Å². The highest BCUT2D eigenvalue weighted by molar-refractivity contribution is 6.31. The number of carbonyl (C=O) groups is 1. The van der Waals surface area contributed by atoms with E-state index in [1.54, 1.807) is 0 Å². The van der Waals surface area contributed by atoms with Crippen LogP contribution in [0.2, 0.25) is 5.02 Å². The van der Waals surface area contributed by atoms with Crippen molar-refractivity contribution in [2.24, 2.45) is 0 Å². The lowest BCUT2D eigenvalue weighted by Gasteiger charge is -2.08. The summed E-state index contributed by atoms with van der Waals surface area (Å²) in [5.74, 6) is 0.244. The fourth-order valence-electron chi connectivity index (χ4n) is 2.14. The number of rotatable bonds is 5. The van der Waals surface area contributed by atoms with Crippen LogP contribution in [0.15, 0.2) is 24.3 Å². The molecule has 1 saturated heterocycles. The lowest BCUT2D eigenvalue weighted by atomic mass is 10.0. The molecule has 0 bridgehead atoms. The molecule has 1 atom stereocenters. The van der Waals surface area contributed by atoms with E-state index in [4.69, 9.17) is 16.3 Å². The molecule has 0 saturated carbocycles. The summed E-state index contributed by atoms with van der Waals surface area (Å²) < 4.78 is 5.50. The summed E-state index contributed by atoms with van der Waals surface area (Å²) in [6.45, 7) is 0.851. The quantitative estimate of drug-likeness (QED) is 0.803. The zero-order chi connectivity index (χ0) is 12.1. The first-order chi connectivity index (χ1) is 8.25. The van der Waals surface area contributed by atoms with Gasteiger partial charge in [-0.25, -0.2) is 0 Å². The minimum Gasteiger partial charge on any atom is -0.378 e. The van der Waals surface area contributed by atoms with E-state index in [1.165, 1.54) is 0 Å². The van der Waals surface area contributed by atoms with E-state index < -0.39 is 0 Å². The Bertz CT molecular complexity index is 384. The van der Waals surface area contributed by atoms with Gasteiger partial charge in [-0.3, -0.25) is 4.79 Å². The van der Waals surface area contributed by atoms with Crippen molar-refractivity contribution >= 4 is 17.4 Å². The maximum atomic E-state index is 11.8. The Labute approximate surface area is 107 Å². The van der Waals surface area contributed by atoms with Crippen molar-refractivity contribution in [2.75, 3.05) is 6.61 Å². The first-order valence-corrected chi connectivity index (χ1v) is 6.50. The van der Waals surface area contributed by atoms with Gasteiger partial charge in [0.2, 0.25) is 0 Å². The number of ketones is 1. The Hall–Kier alpha value is -0.860. The van der Waals surface area contributed by atoms with Crippen LogP contribution in [0.1, 0.15) is 31.2 Å². The Morgan fingerprint density at radius 3 is 2.94 bits per heavy atom. The van der Waals surface area contributed by atoms with Crippen molar-refractivity contribution in [1.29, 1.82) is 0 Å². The van der Waals surface area contributed by atoms with Gasteiger partial charge in [0.05, 0.1) is 6.10 Å². The molecule has 92 valence electrons. The molecule has 0 amide bonds. The van der Waals surface area contributed by atoms with Crippen LogP contribution >= 0.6 is 11.6 Å². The van der Waals surface area contributed by atoms with Gasteiger partial charge in [0.25, 0.3) is 0 Å². The lowest BCUT2D eigenvalue weighted by molar-refractivity contribution is -0.119. The number of hydrogen-bond donors (Lipinski definition) is 0. The average molecular weight is 253 g/mol. The predicted molar refractivity (Wildman–Crippen MR) is 68.4 cm³/mol. The summed E-state index contributed by atoms with van der Waals surface area (Å²) in [7, 11) is 0. The third-order valence-electron chi connectivity index (χ3n) is 3.11. The molecule has 1 aromatic carbocycles. The van der Waals surface area contributed by atoms with Gasteiger partial charge in [-0.1, -0.05) is 29.8 Å². The molecule has 1 unspecified atom stereocenters. The molecule has 1 heterocycles. The van der Waals surface area contributed by atoms with E-state index in [2.05, 4.69) is 0 Å². The second kappa shape index (κ2) is 6.18. The van der Waals surface area contributed by atoms with E-state index in [0.717, 1.165) is 31.4 Å². The van der Waals surface area contributed by atoms with Crippen molar-refractivity contribution in [3.63, 3.8) is 0 Å². The molecule has 1 aromatic rings. The third-order valence-corrected chi connectivity index (χ3v) is 3.48. The van der Waals surface area contributed by atoms with Crippen LogP contribution in [0.3, 0.4) is 0 Å². The minimum absolute atomic E-state index is 0.244. The van der Waals surface area contributed by atoms with Crippen molar-refractivity contribution in [2.45, 2.75) is 38.2 Å². The normalized spacial score (nSPS) is 19.5. The van der Waals surface area contributed by atoms with Gasteiger partial charge >= 0.3 is 0 Å². The van der Waals surface area contributed by atoms with E-state index in [0.29, 0.717) is 24.0 Å². The van der Waals surface area contributed by atoms with Crippen LogP contribution < -0.4 is 0 Å². The number of Topliss-reactive ketones (excluding diaryl/α,β-unsaturated/α-hetero) is 1. The molecule has 2 rings (SSSR count). The SMILES string of the molecule is O=C(CCC1CCCO1)Cc1ccccc1Cl. The summed E-state index contributed by atoms with van der Waals surface area (Å²) in [5, 5.41) is 0.679. The Morgan fingerprint density at radius 2 is 2.24 bits per heavy atom. The number of carbonyl (C=O) groups excluding carboxylic acids is 1. The van der Waals surface area contributed by atoms with Gasteiger partial charge in [0, 0.05) is 24.5 Å². The summed E-state index contributed by atoms with van der Waals surface area (Å²) in [6.07, 6.45) is 4.40. The Morgan fingerprint density at radius 1 is 1.41 bits per heavy atom. The first-order valence-electron chi connectivity index (χ1n) is 6.12. The van der Waals surface area contributed by atoms with Crippen molar-refractivity contribution in [3.05, 3.63) is 34.9 Å². The molecule has 3 heteroatoms. The van der Waals surface area contributed by atoms with Crippen LogP contribution in [-0.2, 0) is 16.0 Å². The zero-order valence-corrected chi connectivity index (χ0v) is 10.6. The maximum absolute atomic E-state index is 11.8. The Kier molecular flexibility index (Phi) is 4.57. The van der Waals surface area contributed by atoms with Gasteiger partial charge < -0.3 is 4.74 Å². The first kappa shape index (κ1) is 12.6. The highest BCUT2D eigenvalue weighted by Gasteiger charge is 2.17. The van der Waals surface area contributed by atoms with Crippen LogP contribution in [0.4, 0.5) is 0 Å². The second-order valence-corrected chi connectivity index (χ2v) is 4.89. The third kappa shape index (κ3) is 3.83. The fourth-order valence-corrected chi connectivity index (χ4v) is 2.34. The zero-order valence-electron chi connectivity index (χ0n) is 9.82. The molecule has 0 radical (unpaired) electrons. The molecule has 0 aliphatic carbocycles. The number of hydrogen-bond acceptors (Lipinski definition) is 2. The van der Waals surface area contributed by atoms with Crippen molar-refractivity contribution in [3.8, 4) is 0 Å². The van der Waals surface area contributed by atoms with E-state index >= 15 is 0 Å². The van der Waals surface area contributed by atoms with E-state index in [1.807, 2.05) is 24.3 Å². The maximum Gasteiger partial charge on any atom is 0.137 e. The largest absolute Gasteiger partial charge is 0.378 e. The number of ether oxygens (including phenoxy) is 1. The van der Waals surface area contributed by atoms with Crippen LogP contribution in [-0.4, -0.2) is 18.5 Å². The molecule has 0 N–H and O–H groups in total.